The lowest BCUT2D eigenvalue weighted by atomic mass is 10.2. The van der Waals surface area contributed by atoms with E-state index in [2.05, 4.69) is 20.8 Å². The summed E-state index contributed by atoms with van der Waals surface area (Å²) in [7, 11) is 0. The fourth-order valence-electron chi connectivity index (χ4n) is 3.25. The van der Waals surface area contributed by atoms with Crippen LogP contribution in [-0.2, 0) is 17.9 Å². The number of halogens is 1. The molecule has 10 heteroatoms. The Morgan fingerprint density at radius 2 is 1.90 bits per heavy atom. The molecule has 0 saturated carbocycles. The summed E-state index contributed by atoms with van der Waals surface area (Å²) in [5, 5.41) is 13.4. The van der Waals surface area contributed by atoms with Gasteiger partial charge in [-0.2, -0.15) is 0 Å². The van der Waals surface area contributed by atoms with Crippen LogP contribution in [0.25, 0.3) is 16.7 Å². The average Bonchev–Trinajstić information content (AvgIpc) is 3.34. The number of fused-ring (bicyclic) bond motifs is 1. The van der Waals surface area contributed by atoms with E-state index >= 15 is 0 Å². The van der Waals surface area contributed by atoms with Crippen LogP contribution in [-0.4, -0.2) is 35.2 Å². The van der Waals surface area contributed by atoms with Gasteiger partial charge >= 0.3 is 5.69 Å². The molecule has 29 heavy (non-hydrogen) atoms. The number of hydrogen-bond acceptors (Lipinski definition) is 5. The largest absolute Gasteiger partial charge is 0.329 e. The van der Waals surface area contributed by atoms with E-state index in [-0.39, 0.29) is 24.3 Å². The summed E-state index contributed by atoms with van der Waals surface area (Å²) in [5.74, 6) is -0.979. The number of aryl methyl sites for hydroxylation is 2. The van der Waals surface area contributed by atoms with Gasteiger partial charge in [-0.15, -0.1) is 5.10 Å². The molecule has 148 valence electrons. The molecule has 4 aromatic rings. The maximum absolute atomic E-state index is 14.1. The molecule has 2 aromatic heterocycles. The zero-order valence-corrected chi connectivity index (χ0v) is 15.6. The van der Waals surface area contributed by atoms with E-state index in [1.54, 1.807) is 9.13 Å². The summed E-state index contributed by atoms with van der Waals surface area (Å²) in [6, 6.07) is 11.6. The molecule has 2 aromatic carbocycles. The zero-order valence-electron chi connectivity index (χ0n) is 15.6. The van der Waals surface area contributed by atoms with Gasteiger partial charge in [-0.25, -0.2) is 13.9 Å². The van der Waals surface area contributed by atoms with E-state index in [1.165, 1.54) is 29.2 Å². The van der Waals surface area contributed by atoms with E-state index in [1.807, 2.05) is 31.2 Å². The van der Waals surface area contributed by atoms with Crippen molar-refractivity contribution in [2.75, 3.05) is 5.32 Å². The minimum atomic E-state index is -0.574. The lowest BCUT2D eigenvalue weighted by Crippen LogP contribution is -2.25. The fourth-order valence-corrected chi connectivity index (χ4v) is 3.25. The summed E-state index contributed by atoms with van der Waals surface area (Å²) in [5.41, 5.74) is 1.94. The van der Waals surface area contributed by atoms with Crippen molar-refractivity contribution in [1.29, 1.82) is 0 Å². The number of anilines is 1. The molecule has 0 fully saturated rings. The Balaban J connectivity index is 1.52. The smallest absolute Gasteiger partial charge is 0.323 e. The molecular weight excluding hydrogens is 377 g/mol. The second kappa shape index (κ2) is 7.66. The highest BCUT2D eigenvalue weighted by atomic mass is 19.1. The average molecular weight is 395 g/mol. The third-order valence-electron chi connectivity index (χ3n) is 4.64. The first-order chi connectivity index (χ1) is 14.1. The number of aromatic nitrogens is 6. The number of carbonyl (C=O) groups excluding carboxylic acids is 1. The fraction of sp³-hybridized carbons (Fsp3) is 0.211. The highest BCUT2D eigenvalue weighted by Gasteiger charge is 2.14. The van der Waals surface area contributed by atoms with Crippen molar-refractivity contribution in [3.05, 3.63) is 65.1 Å². The molecule has 0 spiro atoms. The topological polar surface area (TPSA) is 99.6 Å². The maximum Gasteiger partial charge on any atom is 0.329 e. The highest BCUT2D eigenvalue weighted by molar-refractivity contribution is 5.91. The van der Waals surface area contributed by atoms with Gasteiger partial charge in [0.1, 0.15) is 12.1 Å². The molecule has 0 aliphatic rings. The number of hydrogen-bond donors (Lipinski definition) is 1. The van der Waals surface area contributed by atoms with Gasteiger partial charge in [-0.1, -0.05) is 12.1 Å². The number of nitrogens with zero attached hydrogens (tertiary/aromatic N) is 6. The van der Waals surface area contributed by atoms with E-state index < -0.39 is 11.7 Å². The van der Waals surface area contributed by atoms with Crippen molar-refractivity contribution in [1.82, 2.24) is 29.3 Å². The van der Waals surface area contributed by atoms with Crippen LogP contribution in [0.15, 0.2) is 53.6 Å². The van der Waals surface area contributed by atoms with Gasteiger partial charge in [-0.3, -0.25) is 13.9 Å². The van der Waals surface area contributed by atoms with Crippen LogP contribution in [0.4, 0.5) is 10.1 Å². The van der Waals surface area contributed by atoms with Crippen molar-refractivity contribution in [2.24, 2.45) is 0 Å². The first kappa shape index (κ1) is 18.5. The van der Waals surface area contributed by atoms with Gasteiger partial charge in [0, 0.05) is 19.5 Å². The number of para-hydroxylation sites is 2. The molecule has 4 rings (SSSR count). The van der Waals surface area contributed by atoms with Gasteiger partial charge in [0.15, 0.2) is 0 Å². The Morgan fingerprint density at radius 1 is 1.14 bits per heavy atom. The molecule has 0 bridgehead atoms. The van der Waals surface area contributed by atoms with Gasteiger partial charge in [0.05, 0.1) is 22.4 Å². The molecule has 2 heterocycles. The standard InChI is InChI=1S/C19H18FN7O2/c1-2-25-16-5-3-4-6-17(16)26(19(25)29)10-9-18(28)22-15-11-13(7-8-14(15)20)27-12-21-23-24-27/h3-8,11-12H,2,9-10H2,1H3,(H,22,28). The number of imidazole rings is 1. The quantitative estimate of drug-likeness (QED) is 0.538. The van der Waals surface area contributed by atoms with Crippen molar-refractivity contribution in [3.63, 3.8) is 0 Å². The summed E-state index contributed by atoms with van der Waals surface area (Å²) in [6.07, 6.45) is 1.39. The third-order valence-corrected chi connectivity index (χ3v) is 4.64. The molecular formula is C19H18FN7O2. The number of benzene rings is 2. The lowest BCUT2D eigenvalue weighted by molar-refractivity contribution is -0.116. The van der Waals surface area contributed by atoms with Crippen LogP contribution in [0.3, 0.4) is 0 Å². The van der Waals surface area contributed by atoms with E-state index in [9.17, 15) is 14.0 Å². The summed E-state index contributed by atoms with van der Waals surface area (Å²) in [4.78, 5) is 25.0. The molecule has 0 saturated heterocycles. The molecule has 1 N–H and O–H groups in total. The first-order valence-corrected chi connectivity index (χ1v) is 9.09. The third kappa shape index (κ3) is 3.51. The maximum atomic E-state index is 14.1. The first-order valence-electron chi connectivity index (χ1n) is 9.09. The Bertz CT molecular complexity index is 1230. The second-order valence-corrected chi connectivity index (χ2v) is 6.38. The predicted molar refractivity (Wildman–Crippen MR) is 104 cm³/mol. The van der Waals surface area contributed by atoms with Crippen molar-refractivity contribution < 1.29 is 9.18 Å². The van der Waals surface area contributed by atoms with Crippen LogP contribution in [0.1, 0.15) is 13.3 Å². The zero-order chi connectivity index (χ0) is 20.4. The molecule has 9 nitrogen and oxygen atoms in total. The number of nitrogens with one attached hydrogen (secondary N) is 1. The lowest BCUT2D eigenvalue weighted by Gasteiger charge is -2.09. The molecule has 0 unspecified atom stereocenters. The predicted octanol–water partition coefficient (Wildman–Crippen LogP) is 1.97. The van der Waals surface area contributed by atoms with Crippen LogP contribution in [0.5, 0.6) is 0 Å². The summed E-state index contributed by atoms with van der Waals surface area (Å²) in [6.45, 7) is 2.62. The van der Waals surface area contributed by atoms with Crippen molar-refractivity contribution in [3.8, 4) is 5.69 Å². The van der Waals surface area contributed by atoms with Crippen LogP contribution in [0.2, 0.25) is 0 Å². The molecule has 0 atom stereocenters. The van der Waals surface area contributed by atoms with E-state index in [0.29, 0.717) is 12.2 Å². The normalized spacial score (nSPS) is 11.1. The minimum absolute atomic E-state index is 0.0198. The monoisotopic (exact) mass is 395 g/mol. The molecule has 1 amide bonds. The number of tetrazole rings is 1. The highest BCUT2D eigenvalue weighted by Crippen LogP contribution is 2.19. The summed E-state index contributed by atoms with van der Waals surface area (Å²) >= 11 is 0. The Kier molecular flexibility index (Phi) is 4.90. The Morgan fingerprint density at radius 3 is 2.59 bits per heavy atom. The second-order valence-electron chi connectivity index (χ2n) is 6.38. The van der Waals surface area contributed by atoms with Gasteiger partial charge in [0.2, 0.25) is 5.91 Å². The van der Waals surface area contributed by atoms with Crippen LogP contribution >= 0.6 is 0 Å². The number of amides is 1. The van der Waals surface area contributed by atoms with Crippen molar-refractivity contribution >= 4 is 22.6 Å². The number of rotatable bonds is 6. The summed E-state index contributed by atoms with van der Waals surface area (Å²) < 4.78 is 18.7. The molecule has 0 aliphatic heterocycles. The SMILES string of the molecule is CCn1c(=O)n(CCC(=O)Nc2cc(-n3cnnn3)ccc2F)c2ccccc21. The molecule has 0 aliphatic carbocycles. The van der Waals surface area contributed by atoms with Crippen LogP contribution in [0, 0.1) is 5.82 Å². The Hall–Kier alpha value is -3.82. The minimum Gasteiger partial charge on any atom is -0.323 e. The molecule has 0 radical (unpaired) electrons. The van der Waals surface area contributed by atoms with Crippen LogP contribution < -0.4 is 11.0 Å². The van der Waals surface area contributed by atoms with Gasteiger partial charge in [0.25, 0.3) is 0 Å². The van der Waals surface area contributed by atoms with Gasteiger partial charge in [-0.05, 0) is 47.7 Å². The van der Waals surface area contributed by atoms with Gasteiger partial charge < -0.3 is 5.32 Å². The van der Waals surface area contributed by atoms with Crippen molar-refractivity contribution in [2.45, 2.75) is 26.4 Å². The van der Waals surface area contributed by atoms with E-state index in [0.717, 1.165) is 11.0 Å². The Labute approximate surface area is 164 Å². The number of carbonyl (C=O) groups is 1. The van der Waals surface area contributed by atoms with E-state index in [4.69, 9.17) is 0 Å².